The maximum Gasteiger partial charge on any atom is 0.316 e. The Morgan fingerprint density at radius 3 is 2.72 bits per heavy atom. The number of ether oxygens (including phenoxy) is 1. The number of pyridine rings is 1. The Morgan fingerprint density at radius 1 is 1.14 bits per heavy atom. The van der Waals surface area contributed by atoms with Gasteiger partial charge in [-0.1, -0.05) is 41.6 Å². The van der Waals surface area contributed by atoms with Crippen molar-refractivity contribution in [3.05, 3.63) is 59.4 Å². The van der Waals surface area contributed by atoms with E-state index in [1.54, 1.807) is 0 Å². The summed E-state index contributed by atoms with van der Waals surface area (Å²) in [5.41, 5.74) is 4.22. The predicted octanol–water partition coefficient (Wildman–Crippen LogP) is 4.24. The van der Waals surface area contributed by atoms with Crippen molar-refractivity contribution in [1.82, 2.24) is 19.7 Å². The molecule has 29 heavy (non-hydrogen) atoms. The Bertz CT molecular complexity index is 971. The van der Waals surface area contributed by atoms with Gasteiger partial charge in [0.15, 0.2) is 11.0 Å². The monoisotopic (exact) mass is 410 g/mol. The minimum Gasteiger partial charge on any atom is -0.465 e. The Balaban J connectivity index is 1.49. The second kappa shape index (κ2) is 10.2. The number of hydrogen-bond acceptors (Lipinski definition) is 6. The number of carbonyl (C=O) groups is 1. The Hall–Kier alpha value is -2.67. The van der Waals surface area contributed by atoms with Crippen LogP contribution in [0.4, 0.5) is 0 Å². The number of carbonyl (C=O) groups excluding carboxylic acids is 1. The van der Waals surface area contributed by atoms with Gasteiger partial charge >= 0.3 is 5.97 Å². The average Bonchev–Trinajstić information content (AvgIpc) is 3.13. The van der Waals surface area contributed by atoms with E-state index in [-0.39, 0.29) is 11.7 Å². The average molecular weight is 411 g/mol. The molecule has 0 N–H and O–H groups in total. The van der Waals surface area contributed by atoms with E-state index in [2.05, 4.69) is 34.2 Å². The number of rotatable bonds is 9. The third-order valence-corrected chi connectivity index (χ3v) is 5.36. The normalized spacial score (nSPS) is 10.9. The molecule has 0 unspecified atom stereocenters. The fourth-order valence-corrected chi connectivity index (χ4v) is 3.82. The molecular formula is C22H26N4O2S. The SMILES string of the molecule is CCn1c(SCC(=O)OCCCc2cccc(C)n2)nnc1-c1cccc(C)c1. The van der Waals surface area contributed by atoms with E-state index in [1.807, 2.05) is 48.7 Å². The molecule has 3 rings (SSSR count). The van der Waals surface area contributed by atoms with Crippen molar-refractivity contribution in [2.24, 2.45) is 0 Å². The van der Waals surface area contributed by atoms with Crippen molar-refractivity contribution in [3.63, 3.8) is 0 Å². The van der Waals surface area contributed by atoms with E-state index in [0.29, 0.717) is 6.61 Å². The smallest absolute Gasteiger partial charge is 0.316 e. The van der Waals surface area contributed by atoms with E-state index >= 15 is 0 Å². The molecule has 0 radical (unpaired) electrons. The van der Waals surface area contributed by atoms with Crippen LogP contribution in [0.3, 0.4) is 0 Å². The standard InChI is InChI=1S/C22H26N4O2S/c1-4-26-21(18-10-5-8-16(2)14-18)24-25-22(26)29-15-20(27)28-13-7-12-19-11-6-9-17(3)23-19/h5-6,8-11,14H,4,7,12-13,15H2,1-3H3. The van der Waals surface area contributed by atoms with Crippen LogP contribution in [-0.2, 0) is 22.5 Å². The van der Waals surface area contributed by atoms with Crippen LogP contribution in [0.2, 0.25) is 0 Å². The van der Waals surface area contributed by atoms with Gasteiger partial charge in [0, 0.05) is 23.5 Å². The first-order chi connectivity index (χ1) is 14.1. The third-order valence-electron chi connectivity index (χ3n) is 4.41. The van der Waals surface area contributed by atoms with Gasteiger partial charge in [0.1, 0.15) is 0 Å². The van der Waals surface area contributed by atoms with Crippen LogP contribution in [0.15, 0.2) is 47.6 Å². The molecule has 0 fully saturated rings. The number of esters is 1. The molecule has 0 aliphatic rings. The van der Waals surface area contributed by atoms with Crippen molar-refractivity contribution in [1.29, 1.82) is 0 Å². The molecule has 0 aliphatic carbocycles. The van der Waals surface area contributed by atoms with E-state index in [0.717, 1.165) is 47.3 Å². The molecule has 7 heteroatoms. The summed E-state index contributed by atoms with van der Waals surface area (Å²) in [4.78, 5) is 16.5. The first kappa shape index (κ1) is 21.0. The second-order valence-corrected chi connectivity index (χ2v) is 7.75. The van der Waals surface area contributed by atoms with Crippen molar-refractivity contribution < 1.29 is 9.53 Å². The number of benzene rings is 1. The predicted molar refractivity (Wildman–Crippen MR) is 115 cm³/mol. The lowest BCUT2D eigenvalue weighted by molar-refractivity contribution is -0.140. The van der Waals surface area contributed by atoms with Gasteiger partial charge in [-0.15, -0.1) is 10.2 Å². The molecule has 0 saturated heterocycles. The molecule has 0 spiro atoms. The lowest BCUT2D eigenvalue weighted by Gasteiger charge is -2.08. The van der Waals surface area contributed by atoms with Gasteiger partial charge in [-0.05, 0) is 51.8 Å². The summed E-state index contributed by atoms with van der Waals surface area (Å²) in [7, 11) is 0. The van der Waals surface area contributed by atoms with E-state index in [9.17, 15) is 4.79 Å². The summed E-state index contributed by atoms with van der Waals surface area (Å²) in [6, 6.07) is 14.1. The van der Waals surface area contributed by atoms with Crippen LogP contribution in [0, 0.1) is 13.8 Å². The van der Waals surface area contributed by atoms with Gasteiger partial charge in [-0.3, -0.25) is 9.78 Å². The van der Waals surface area contributed by atoms with E-state index < -0.39 is 0 Å². The van der Waals surface area contributed by atoms with Crippen molar-refractivity contribution in [2.45, 2.75) is 45.3 Å². The highest BCUT2D eigenvalue weighted by Crippen LogP contribution is 2.24. The maximum absolute atomic E-state index is 12.1. The zero-order chi connectivity index (χ0) is 20.6. The van der Waals surface area contributed by atoms with Gasteiger partial charge in [0.05, 0.1) is 12.4 Å². The molecule has 1 aromatic carbocycles. The molecule has 6 nitrogen and oxygen atoms in total. The zero-order valence-electron chi connectivity index (χ0n) is 17.1. The number of aromatic nitrogens is 4. The van der Waals surface area contributed by atoms with Gasteiger partial charge in [-0.2, -0.15) is 0 Å². The molecule has 152 valence electrons. The molecule has 0 amide bonds. The molecule has 0 aliphatic heterocycles. The van der Waals surface area contributed by atoms with Crippen LogP contribution < -0.4 is 0 Å². The fraction of sp³-hybridized carbons (Fsp3) is 0.364. The van der Waals surface area contributed by atoms with Crippen LogP contribution in [0.25, 0.3) is 11.4 Å². The summed E-state index contributed by atoms with van der Waals surface area (Å²) in [5, 5.41) is 9.32. The summed E-state index contributed by atoms with van der Waals surface area (Å²) >= 11 is 1.36. The number of hydrogen-bond donors (Lipinski definition) is 0. The van der Waals surface area contributed by atoms with Crippen LogP contribution >= 0.6 is 11.8 Å². The van der Waals surface area contributed by atoms with Crippen molar-refractivity contribution in [3.8, 4) is 11.4 Å². The quantitative estimate of drug-likeness (QED) is 0.298. The number of nitrogens with zero attached hydrogens (tertiary/aromatic N) is 4. The van der Waals surface area contributed by atoms with Crippen molar-refractivity contribution in [2.75, 3.05) is 12.4 Å². The summed E-state index contributed by atoms with van der Waals surface area (Å²) in [6.07, 6.45) is 1.56. The lowest BCUT2D eigenvalue weighted by atomic mass is 10.1. The molecule has 2 aromatic heterocycles. The van der Waals surface area contributed by atoms with Gasteiger partial charge < -0.3 is 9.30 Å². The van der Waals surface area contributed by atoms with Crippen LogP contribution in [0.5, 0.6) is 0 Å². The molecular weight excluding hydrogens is 384 g/mol. The molecule has 0 bridgehead atoms. The van der Waals surface area contributed by atoms with E-state index in [4.69, 9.17) is 4.74 Å². The molecule has 3 aromatic rings. The molecule has 2 heterocycles. The topological polar surface area (TPSA) is 69.9 Å². The highest BCUT2D eigenvalue weighted by Gasteiger charge is 2.15. The lowest BCUT2D eigenvalue weighted by Crippen LogP contribution is -2.10. The Labute approximate surface area is 175 Å². The minimum atomic E-state index is -0.241. The highest BCUT2D eigenvalue weighted by atomic mass is 32.2. The maximum atomic E-state index is 12.1. The number of thioether (sulfide) groups is 1. The fourth-order valence-electron chi connectivity index (χ4n) is 3.02. The first-order valence-corrected chi connectivity index (χ1v) is 10.8. The minimum absolute atomic E-state index is 0.217. The Morgan fingerprint density at radius 2 is 1.97 bits per heavy atom. The molecule has 0 atom stereocenters. The van der Waals surface area contributed by atoms with Crippen LogP contribution in [0.1, 0.15) is 30.3 Å². The molecule has 0 saturated carbocycles. The zero-order valence-corrected chi connectivity index (χ0v) is 17.9. The van der Waals surface area contributed by atoms with E-state index in [1.165, 1.54) is 17.3 Å². The van der Waals surface area contributed by atoms with Gasteiger partial charge in [-0.25, -0.2) is 0 Å². The summed E-state index contributed by atoms with van der Waals surface area (Å²) in [6.45, 7) is 7.20. The second-order valence-electron chi connectivity index (χ2n) is 6.80. The highest BCUT2D eigenvalue weighted by molar-refractivity contribution is 7.99. The number of aryl methyl sites for hydroxylation is 3. The first-order valence-electron chi connectivity index (χ1n) is 9.78. The summed E-state index contributed by atoms with van der Waals surface area (Å²) in [5.74, 6) is 0.793. The van der Waals surface area contributed by atoms with Crippen molar-refractivity contribution >= 4 is 17.7 Å². The van der Waals surface area contributed by atoms with Gasteiger partial charge in [0.25, 0.3) is 0 Å². The Kier molecular flexibility index (Phi) is 7.41. The van der Waals surface area contributed by atoms with Gasteiger partial charge in [0.2, 0.25) is 0 Å². The third kappa shape index (κ3) is 5.90. The van der Waals surface area contributed by atoms with Crippen LogP contribution in [-0.4, -0.2) is 38.1 Å². The largest absolute Gasteiger partial charge is 0.465 e. The summed E-state index contributed by atoms with van der Waals surface area (Å²) < 4.78 is 7.38.